The van der Waals surface area contributed by atoms with Crippen LogP contribution in [0.1, 0.15) is 25.7 Å². The first-order chi connectivity index (χ1) is 6.79. The van der Waals surface area contributed by atoms with Gasteiger partial charge in [-0.1, -0.05) is 18.3 Å². The normalized spacial score (nSPS) is 30.2. The maximum atomic E-state index is 8.83. The fraction of sp³-hybridized carbons (Fsp3) is 1.00. The molecule has 14 heavy (non-hydrogen) atoms. The van der Waals surface area contributed by atoms with Crippen molar-refractivity contribution in [1.82, 2.24) is 4.67 Å². The summed E-state index contributed by atoms with van der Waals surface area (Å²) in [5.74, 6) is 0. The molecule has 1 aliphatic rings. The van der Waals surface area contributed by atoms with Gasteiger partial charge in [0.05, 0.1) is 6.10 Å². The highest BCUT2D eigenvalue weighted by Crippen LogP contribution is 2.33. The molecule has 0 amide bonds. The number of rotatable bonds is 5. The Balaban J connectivity index is 2.43. The van der Waals surface area contributed by atoms with E-state index in [9.17, 15) is 0 Å². The van der Waals surface area contributed by atoms with Gasteiger partial charge in [0.25, 0.3) is 0 Å². The zero-order valence-corrected chi connectivity index (χ0v) is 11.7. The second kappa shape index (κ2) is 7.44. The Morgan fingerprint density at radius 3 is 3.00 bits per heavy atom. The minimum absolute atomic E-state index is 0.283. The van der Waals surface area contributed by atoms with Gasteiger partial charge in [-0.25, -0.2) is 0 Å². The van der Waals surface area contributed by atoms with Crippen LogP contribution in [0.25, 0.3) is 0 Å². The van der Waals surface area contributed by atoms with Crippen molar-refractivity contribution in [3.8, 4) is 0 Å². The summed E-state index contributed by atoms with van der Waals surface area (Å²) in [5, 5.41) is 8.83. The van der Waals surface area contributed by atoms with Crippen molar-refractivity contribution in [2.75, 3.05) is 13.2 Å². The van der Waals surface area contributed by atoms with Crippen molar-refractivity contribution in [1.29, 1.82) is 0 Å². The molecule has 0 spiro atoms. The fourth-order valence-electron chi connectivity index (χ4n) is 1.92. The van der Waals surface area contributed by atoms with E-state index in [0.29, 0.717) is 20.6 Å². The molecule has 1 fully saturated rings. The predicted octanol–water partition coefficient (Wildman–Crippen LogP) is 1.78. The third kappa shape index (κ3) is 3.97. The van der Waals surface area contributed by atoms with E-state index in [1.54, 1.807) is 0 Å². The summed E-state index contributed by atoms with van der Waals surface area (Å²) in [6.45, 7) is 1.41. The molecule has 1 rings (SSSR count). The van der Waals surface area contributed by atoms with Crippen molar-refractivity contribution in [3.63, 3.8) is 0 Å². The van der Waals surface area contributed by atoms with Gasteiger partial charge in [-0.3, -0.25) is 4.67 Å². The van der Waals surface area contributed by atoms with Crippen LogP contribution < -0.4 is 0 Å². The van der Waals surface area contributed by atoms with Crippen LogP contribution in [0.2, 0.25) is 0 Å². The Morgan fingerprint density at radius 2 is 2.36 bits per heavy atom. The summed E-state index contributed by atoms with van der Waals surface area (Å²) in [4.78, 5) is 0. The van der Waals surface area contributed by atoms with Crippen LogP contribution in [0, 0.1) is 0 Å². The summed E-state index contributed by atoms with van der Waals surface area (Å²) in [6.07, 6.45) is 4.61. The molecule has 84 valence electrons. The van der Waals surface area contributed by atoms with E-state index < -0.39 is 0 Å². The van der Waals surface area contributed by atoms with Gasteiger partial charge in [0, 0.05) is 27.7 Å². The standard InChI is InChI=1S/C8H20NO2P3/c10-6-2-3-7-8(11-14-13)4-1-5-9(7)12/h7-8,10,14H,1-6,12-13H2/t7-,8+/m1/s1. The SMILES string of the molecule is OCCC[C@@H]1[C@@H](OPP)CCCN1P. The minimum atomic E-state index is 0.283. The Morgan fingerprint density at radius 1 is 1.57 bits per heavy atom. The number of aliphatic hydroxyl groups excluding tert-OH is 1. The van der Waals surface area contributed by atoms with Crippen molar-refractivity contribution >= 4 is 26.8 Å². The smallest absolute Gasteiger partial charge is 0.0777 e. The third-order valence-electron chi connectivity index (χ3n) is 2.64. The lowest BCUT2D eigenvalue weighted by Gasteiger charge is -2.38. The second-order valence-corrected chi connectivity index (χ2v) is 5.43. The topological polar surface area (TPSA) is 32.7 Å². The van der Waals surface area contributed by atoms with Gasteiger partial charge in [-0.2, -0.15) is 0 Å². The van der Waals surface area contributed by atoms with Gasteiger partial charge in [0.15, 0.2) is 0 Å². The van der Waals surface area contributed by atoms with Crippen LogP contribution in [0.3, 0.4) is 0 Å². The van der Waals surface area contributed by atoms with Crippen LogP contribution in [-0.2, 0) is 4.52 Å². The predicted molar refractivity (Wildman–Crippen MR) is 68.7 cm³/mol. The first kappa shape index (κ1) is 13.2. The van der Waals surface area contributed by atoms with Gasteiger partial charge in [0.2, 0.25) is 0 Å². The highest BCUT2D eigenvalue weighted by atomic mass is 32.0. The average molecular weight is 255 g/mol. The van der Waals surface area contributed by atoms with E-state index in [1.807, 2.05) is 0 Å². The van der Waals surface area contributed by atoms with Crippen molar-refractivity contribution < 1.29 is 9.63 Å². The Labute approximate surface area is 92.6 Å². The van der Waals surface area contributed by atoms with Crippen molar-refractivity contribution in [2.45, 2.75) is 37.8 Å². The largest absolute Gasteiger partial charge is 0.396 e. The van der Waals surface area contributed by atoms with E-state index in [4.69, 9.17) is 9.63 Å². The summed E-state index contributed by atoms with van der Waals surface area (Å²) >= 11 is 0. The van der Waals surface area contributed by atoms with Gasteiger partial charge >= 0.3 is 0 Å². The Bertz CT molecular complexity index is 160. The molecule has 1 aliphatic heterocycles. The first-order valence-electron chi connectivity index (χ1n) is 5.03. The number of hydrogen-bond donors (Lipinski definition) is 1. The Hall–Kier alpha value is 1.17. The summed E-state index contributed by atoms with van der Waals surface area (Å²) in [7, 11) is 5.90. The van der Waals surface area contributed by atoms with Gasteiger partial charge < -0.3 is 9.63 Å². The molecule has 0 aromatic heterocycles. The molecule has 0 aromatic carbocycles. The van der Waals surface area contributed by atoms with Gasteiger partial charge in [-0.15, -0.1) is 0 Å². The fourth-order valence-corrected chi connectivity index (χ4v) is 3.42. The minimum Gasteiger partial charge on any atom is -0.396 e. The highest BCUT2D eigenvalue weighted by Gasteiger charge is 2.29. The van der Waals surface area contributed by atoms with Crippen LogP contribution in [0.4, 0.5) is 0 Å². The molecule has 6 heteroatoms. The van der Waals surface area contributed by atoms with Crippen LogP contribution in [-0.4, -0.2) is 35.1 Å². The van der Waals surface area contributed by atoms with E-state index in [0.717, 1.165) is 25.8 Å². The van der Waals surface area contributed by atoms with Crippen LogP contribution >= 0.6 is 26.8 Å². The number of piperidine rings is 1. The molecule has 3 unspecified atom stereocenters. The average Bonchev–Trinajstić information content (AvgIpc) is 2.18. The van der Waals surface area contributed by atoms with Crippen molar-refractivity contribution in [2.24, 2.45) is 0 Å². The first-order valence-corrected chi connectivity index (χ1v) is 8.26. The molecular weight excluding hydrogens is 235 g/mol. The number of hydrogen-bond acceptors (Lipinski definition) is 3. The molecule has 0 bridgehead atoms. The summed E-state index contributed by atoms with van der Waals surface area (Å²) < 4.78 is 8.00. The molecule has 0 radical (unpaired) electrons. The van der Waals surface area contributed by atoms with Crippen LogP contribution in [0.15, 0.2) is 0 Å². The van der Waals surface area contributed by atoms with Gasteiger partial charge in [-0.05, 0) is 25.7 Å². The van der Waals surface area contributed by atoms with Gasteiger partial charge in [0.1, 0.15) is 0 Å². The quantitative estimate of drug-likeness (QED) is 0.760. The summed E-state index contributed by atoms with van der Waals surface area (Å²) in [5.41, 5.74) is 0. The monoisotopic (exact) mass is 255 g/mol. The third-order valence-corrected chi connectivity index (χ3v) is 4.13. The van der Waals surface area contributed by atoms with E-state index in [1.165, 1.54) is 6.42 Å². The van der Waals surface area contributed by atoms with E-state index in [2.05, 4.69) is 23.0 Å². The van der Waals surface area contributed by atoms with Crippen LogP contribution in [0.5, 0.6) is 0 Å². The number of nitrogens with zero attached hydrogens (tertiary/aromatic N) is 1. The second-order valence-electron chi connectivity index (χ2n) is 3.59. The molecule has 0 aromatic rings. The Kier molecular flexibility index (Phi) is 7.04. The molecule has 0 aliphatic carbocycles. The molecule has 3 nitrogen and oxygen atoms in total. The molecular formula is C8H20NO2P3. The van der Waals surface area contributed by atoms with E-state index >= 15 is 0 Å². The summed E-state index contributed by atoms with van der Waals surface area (Å²) in [6, 6.07) is 0.467. The number of aliphatic hydroxyl groups is 1. The lowest BCUT2D eigenvalue weighted by molar-refractivity contribution is 0.0832. The van der Waals surface area contributed by atoms with Crippen molar-refractivity contribution in [3.05, 3.63) is 0 Å². The zero-order valence-electron chi connectivity index (χ0n) is 8.35. The maximum absolute atomic E-state index is 8.83. The lowest BCUT2D eigenvalue weighted by atomic mass is 9.97. The van der Waals surface area contributed by atoms with E-state index in [-0.39, 0.29) is 6.61 Å². The zero-order chi connectivity index (χ0) is 10.4. The lowest BCUT2D eigenvalue weighted by Crippen LogP contribution is -2.43. The molecule has 5 atom stereocenters. The molecule has 1 N–H and O–H groups in total. The molecule has 1 saturated heterocycles. The molecule has 1 heterocycles. The highest BCUT2D eigenvalue weighted by molar-refractivity contribution is 8.00. The maximum Gasteiger partial charge on any atom is 0.0777 e. The molecule has 0 saturated carbocycles.